The van der Waals surface area contributed by atoms with Crippen molar-refractivity contribution in [3.8, 4) is 0 Å². The Morgan fingerprint density at radius 1 is 1.26 bits per heavy atom. The molecule has 6 nitrogen and oxygen atoms in total. The van der Waals surface area contributed by atoms with Crippen molar-refractivity contribution in [3.63, 3.8) is 0 Å². The maximum Gasteiger partial charge on any atom is 0.321 e. The molecule has 2 rings (SSSR count). The normalized spacial score (nSPS) is 17.8. The van der Waals surface area contributed by atoms with Crippen molar-refractivity contribution in [2.75, 3.05) is 17.2 Å². The van der Waals surface area contributed by atoms with Crippen molar-refractivity contribution in [2.24, 2.45) is 0 Å². The van der Waals surface area contributed by atoms with Gasteiger partial charge >= 0.3 is 6.03 Å². The molecule has 0 saturated carbocycles. The first-order chi connectivity index (χ1) is 9.13. The third-order valence-electron chi connectivity index (χ3n) is 2.66. The van der Waals surface area contributed by atoms with E-state index >= 15 is 0 Å². The van der Waals surface area contributed by atoms with Crippen molar-refractivity contribution in [1.82, 2.24) is 5.32 Å². The number of nitrogens with one attached hydrogen (secondary N) is 3. The number of hydrogen-bond donors (Lipinski definition) is 3. The fraction of sp³-hybridized carbons (Fsp3) is 0.385. The lowest BCUT2D eigenvalue weighted by atomic mass is 10.2. The van der Waals surface area contributed by atoms with Gasteiger partial charge in [0.2, 0.25) is 5.91 Å². The van der Waals surface area contributed by atoms with Gasteiger partial charge in [0.1, 0.15) is 6.23 Å². The van der Waals surface area contributed by atoms with E-state index in [4.69, 9.17) is 4.74 Å². The number of carbonyl (C=O) groups is 2. The first kappa shape index (κ1) is 13.4. The maximum atomic E-state index is 11.7. The molecule has 1 aliphatic heterocycles. The number of amides is 3. The number of rotatable bonds is 3. The molecule has 19 heavy (non-hydrogen) atoms. The first-order valence-electron chi connectivity index (χ1n) is 6.20. The van der Waals surface area contributed by atoms with E-state index in [-0.39, 0.29) is 18.2 Å². The molecule has 1 aliphatic rings. The smallest absolute Gasteiger partial charge is 0.321 e. The van der Waals surface area contributed by atoms with E-state index in [2.05, 4.69) is 16.0 Å². The van der Waals surface area contributed by atoms with Gasteiger partial charge in [-0.1, -0.05) is 6.07 Å². The Hall–Kier alpha value is -2.08. The molecule has 1 fully saturated rings. The molecule has 0 bridgehead atoms. The van der Waals surface area contributed by atoms with Crippen molar-refractivity contribution in [1.29, 1.82) is 0 Å². The van der Waals surface area contributed by atoms with Crippen LogP contribution in [0.25, 0.3) is 0 Å². The van der Waals surface area contributed by atoms with Gasteiger partial charge in [0.25, 0.3) is 0 Å². The SMILES string of the molecule is CC(=O)Nc1cccc(NC(=O)NC2CCCO2)c1. The largest absolute Gasteiger partial charge is 0.358 e. The number of ether oxygens (including phenoxy) is 1. The van der Waals surface area contributed by atoms with Crippen molar-refractivity contribution >= 4 is 23.3 Å². The van der Waals surface area contributed by atoms with Gasteiger partial charge in [0.15, 0.2) is 0 Å². The lowest BCUT2D eigenvalue weighted by molar-refractivity contribution is -0.114. The van der Waals surface area contributed by atoms with Crippen molar-refractivity contribution < 1.29 is 14.3 Å². The van der Waals surface area contributed by atoms with Crippen molar-refractivity contribution in [2.45, 2.75) is 26.0 Å². The van der Waals surface area contributed by atoms with Gasteiger partial charge in [0.05, 0.1) is 0 Å². The first-order valence-corrected chi connectivity index (χ1v) is 6.20. The van der Waals surface area contributed by atoms with E-state index < -0.39 is 0 Å². The summed E-state index contributed by atoms with van der Waals surface area (Å²) in [6.07, 6.45) is 1.58. The van der Waals surface area contributed by atoms with Crippen LogP contribution in [0, 0.1) is 0 Å². The second-order valence-electron chi connectivity index (χ2n) is 4.36. The average Bonchev–Trinajstić information content (AvgIpc) is 2.81. The van der Waals surface area contributed by atoms with Crippen LogP contribution in [0.5, 0.6) is 0 Å². The van der Waals surface area contributed by atoms with Crippen LogP contribution in [-0.4, -0.2) is 24.8 Å². The molecule has 1 unspecified atom stereocenters. The van der Waals surface area contributed by atoms with E-state index in [1.165, 1.54) is 6.92 Å². The Morgan fingerprint density at radius 3 is 2.63 bits per heavy atom. The monoisotopic (exact) mass is 263 g/mol. The maximum absolute atomic E-state index is 11.7. The van der Waals surface area contributed by atoms with E-state index in [9.17, 15) is 9.59 Å². The number of carbonyl (C=O) groups excluding carboxylic acids is 2. The van der Waals surface area contributed by atoms with E-state index in [0.29, 0.717) is 18.0 Å². The van der Waals surface area contributed by atoms with E-state index in [1.54, 1.807) is 24.3 Å². The fourth-order valence-electron chi connectivity index (χ4n) is 1.88. The molecule has 1 atom stereocenters. The molecule has 0 radical (unpaired) electrons. The highest BCUT2D eigenvalue weighted by atomic mass is 16.5. The summed E-state index contributed by atoms with van der Waals surface area (Å²) >= 11 is 0. The van der Waals surface area contributed by atoms with Crippen LogP contribution < -0.4 is 16.0 Å². The number of hydrogen-bond acceptors (Lipinski definition) is 3. The zero-order valence-electron chi connectivity index (χ0n) is 10.7. The molecule has 3 amide bonds. The highest BCUT2D eigenvalue weighted by Gasteiger charge is 2.17. The summed E-state index contributed by atoms with van der Waals surface area (Å²) < 4.78 is 5.31. The third kappa shape index (κ3) is 4.26. The van der Waals surface area contributed by atoms with Crippen LogP contribution in [0.2, 0.25) is 0 Å². The minimum absolute atomic E-state index is 0.152. The fourth-order valence-corrected chi connectivity index (χ4v) is 1.88. The molecule has 0 aliphatic carbocycles. The van der Waals surface area contributed by atoms with Gasteiger partial charge in [-0.3, -0.25) is 4.79 Å². The minimum Gasteiger partial charge on any atom is -0.358 e. The summed E-state index contributed by atoms with van der Waals surface area (Å²) in [6.45, 7) is 2.12. The standard InChI is InChI=1S/C13H17N3O3/c1-9(17)14-10-4-2-5-11(8-10)15-13(18)16-12-6-3-7-19-12/h2,4-5,8,12H,3,6-7H2,1H3,(H,14,17)(H2,15,16,18). The van der Waals surface area contributed by atoms with Gasteiger partial charge in [-0.15, -0.1) is 0 Å². The molecule has 102 valence electrons. The molecule has 3 N–H and O–H groups in total. The molecule has 6 heteroatoms. The molecule has 1 aromatic rings. The minimum atomic E-state index is -0.313. The topological polar surface area (TPSA) is 79.5 Å². The average molecular weight is 263 g/mol. The van der Waals surface area contributed by atoms with Crippen LogP contribution in [0.15, 0.2) is 24.3 Å². The summed E-state index contributed by atoms with van der Waals surface area (Å²) in [5.74, 6) is -0.152. The zero-order valence-corrected chi connectivity index (χ0v) is 10.7. The second-order valence-corrected chi connectivity index (χ2v) is 4.36. The van der Waals surface area contributed by atoms with Gasteiger partial charge in [-0.05, 0) is 31.0 Å². The van der Waals surface area contributed by atoms with Gasteiger partial charge in [-0.25, -0.2) is 4.79 Å². The zero-order chi connectivity index (χ0) is 13.7. The quantitative estimate of drug-likeness (QED) is 0.779. The molecule has 0 aromatic heterocycles. The van der Waals surface area contributed by atoms with E-state index in [0.717, 1.165) is 12.8 Å². The van der Waals surface area contributed by atoms with Crippen LogP contribution in [-0.2, 0) is 9.53 Å². The van der Waals surface area contributed by atoms with Crippen molar-refractivity contribution in [3.05, 3.63) is 24.3 Å². The third-order valence-corrected chi connectivity index (χ3v) is 2.66. The van der Waals surface area contributed by atoms with E-state index in [1.807, 2.05) is 0 Å². The number of anilines is 2. The predicted octanol–water partition coefficient (Wildman–Crippen LogP) is 1.90. The Morgan fingerprint density at radius 2 is 2.00 bits per heavy atom. The Bertz CT molecular complexity index is 470. The Kier molecular flexibility index (Phi) is 4.35. The Labute approximate surface area is 111 Å². The second kappa shape index (κ2) is 6.19. The summed E-state index contributed by atoms with van der Waals surface area (Å²) in [5, 5.41) is 8.09. The molecule has 1 heterocycles. The van der Waals surface area contributed by atoms with Crippen LogP contribution >= 0.6 is 0 Å². The molecule has 1 aromatic carbocycles. The number of urea groups is 1. The molecule has 1 saturated heterocycles. The van der Waals surface area contributed by atoms with Gasteiger partial charge in [-0.2, -0.15) is 0 Å². The lowest BCUT2D eigenvalue weighted by Crippen LogP contribution is -2.37. The summed E-state index contributed by atoms with van der Waals surface area (Å²) in [5.41, 5.74) is 1.25. The number of benzene rings is 1. The highest BCUT2D eigenvalue weighted by molar-refractivity contribution is 5.92. The highest BCUT2D eigenvalue weighted by Crippen LogP contribution is 2.15. The summed E-state index contributed by atoms with van der Waals surface area (Å²) in [7, 11) is 0. The van der Waals surface area contributed by atoms with Gasteiger partial charge in [0, 0.05) is 24.9 Å². The molecular formula is C13H17N3O3. The summed E-state index contributed by atoms with van der Waals surface area (Å²) in [4.78, 5) is 22.7. The van der Waals surface area contributed by atoms with Crippen LogP contribution in [0.1, 0.15) is 19.8 Å². The molecule has 0 spiro atoms. The lowest BCUT2D eigenvalue weighted by Gasteiger charge is -2.13. The molecular weight excluding hydrogens is 246 g/mol. The van der Waals surface area contributed by atoms with Gasteiger partial charge < -0.3 is 20.7 Å². The summed E-state index contributed by atoms with van der Waals surface area (Å²) in [6, 6.07) is 6.64. The van der Waals surface area contributed by atoms with Crippen LogP contribution in [0.3, 0.4) is 0 Å². The van der Waals surface area contributed by atoms with Crippen LogP contribution in [0.4, 0.5) is 16.2 Å². The predicted molar refractivity (Wildman–Crippen MR) is 71.9 cm³/mol. The Balaban J connectivity index is 1.90.